The smallest absolute Gasteiger partial charge is 0.321 e. The van der Waals surface area contributed by atoms with Gasteiger partial charge in [-0.05, 0) is 49.2 Å². The summed E-state index contributed by atoms with van der Waals surface area (Å²) in [6, 6.07) is 14.4. The normalized spacial score (nSPS) is 12.3. The average Bonchev–Trinajstić information content (AvgIpc) is 3.10. The number of anilines is 2. The summed E-state index contributed by atoms with van der Waals surface area (Å²) in [7, 11) is 0. The number of rotatable bonds is 5. The van der Waals surface area contributed by atoms with E-state index in [9.17, 15) is 14.4 Å². The molecule has 0 bridgehead atoms. The topological polar surface area (TPSA) is 90.5 Å². The van der Waals surface area contributed by atoms with E-state index < -0.39 is 11.9 Å². The van der Waals surface area contributed by atoms with E-state index in [1.807, 2.05) is 24.3 Å². The van der Waals surface area contributed by atoms with Crippen molar-refractivity contribution in [3.63, 3.8) is 0 Å². The van der Waals surface area contributed by atoms with Crippen molar-refractivity contribution < 1.29 is 14.4 Å². The lowest BCUT2D eigenvalue weighted by atomic mass is 10.1. The molecule has 3 N–H and O–H groups in total. The highest BCUT2D eigenvalue weighted by Gasteiger charge is 2.24. The first-order valence-electron chi connectivity index (χ1n) is 8.90. The molecule has 0 fully saturated rings. The minimum atomic E-state index is -0.517. The molecule has 0 aliphatic carbocycles. The summed E-state index contributed by atoms with van der Waals surface area (Å²) in [6.07, 6.45) is 0.863. The van der Waals surface area contributed by atoms with E-state index in [1.54, 1.807) is 36.1 Å². The van der Waals surface area contributed by atoms with E-state index in [4.69, 9.17) is 0 Å². The highest BCUT2D eigenvalue weighted by molar-refractivity contribution is 6.07. The Balaban J connectivity index is 1.57. The van der Waals surface area contributed by atoms with Crippen molar-refractivity contribution in [1.29, 1.82) is 0 Å². The van der Waals surface area contributed by atoms with Gasteiger partial charge in [-0.25, -0.2) is 4.79 Å². The molecule has 1 aliphatic heterocycles. The van der Waals surface area contributed by atoms with Gasteiger partial charge >= 0.3 is 6.03 Å². The summed E-state index contributed by atoms with van der Waals surface area (Å²) in [5, 5.41) is 7.63. The molecule has 0 radical (unpaired) electrons. The fourth-order valence-corrected chi connectivity index (χ4v) is 2.99. The Bertz CT molecular complexity index is 849. The molecule has 1 aliphatic rings. The molecular formula is C20H22N4O3. The summed E-state index contributed by atoms with van der Waals surface area (Å²) < 4.78 is 0. The van der Waals surface area contributed by atoms with Crippen LogP contribution in [0.5, 0.6) is 0 Å². The lowest BCUT2D eigenvalue weighted by Crippen LogP contribution is -2.41. The molecule has 1 heterocycles. The maximum atomic E-state index is 12.8. The molecule has 0 atom stereocenters. The summed E-state index contributed by atoms with van der Waals surface area (Å²) in [4.78, 5) is 37.5. The van der Waals surface area contributed by atoms with Crippen molar-refractivity contribution in [2.75, 3.05) is 29.9 Å². The number of nitrogens with one attached hydrogen (secondary N) is 3. The molecule has 0 saturated carbocycles. The maximum absolute atomic E-state index is 12.8. The van der Waals surface area contributed by atoms with Gasteiger partial charge in [-0.3, -0.25) is 14.9 Å². The zero-order valence-corrected chi connectivity index (χ0v) is 15.1. The Morgan fingerprint density at radius 2 is 1.78 bits per heavy atom. The van der Waals surface area contributed by atoms with Crippen molar-refractivity contribution in [3.8, 4) is 0 Å². The standard InChI is InChI=1S/C20H22N4O3/c1-2-21-20(27)23-18(25)13-22-16-9-7-15(8-10-16)19(26)24-12-11-14-5-3-4-6-17(14)24/h3-10,22H,2,11-13H2,1H3,(H2,21,23,25,27). The molecule has 0 aromatic heterocycles. The van der Waals surface area contributed by atoms with Gasteiger partial charge in [-0.15, -0.1) is 0 Å². The van der Waals surface area contributed by atoms with Gasteiger partial charge < -0.3 is 15.5 Å². The van der Waals surface area contributed by atoms with Gasteiger partial charge in [0.1, 0.15) is 0 Å². The number of para-hydroxylation sites is 1. The third kappa shape index (κ3) is 4.44. The first kappa shape index (κ1) is 18.4. The predicted molar refractivity (Wildman–Crippen MR) is 104 cm³/mol. The fraction of sp³-hybridized carbons (Fsp3) is 0.250. The van der Waals surface area contributed by atoms with Gasteiger partial charge in [0.05, 0.1) is 6.54 Å². The number of imide groups is 1. The lowest BCUT2D eigenvalue weighted by Gasteiger charge is -2.17. The molecule has 0 spiro atoms. The zero-order chi connectivity index (χ0) is 19.2. The second-order valence-corrected chi connectivity index (χ2v) is 6.17. The van der Waals surface area contributed by atoms with Crippen LogP contribution in [0.25, 0.3) is 0 Å². The molecular weight excluding hydrogens is 344 g/mol. The summed E-state index contributed by atoms with van der Waals surface area (Å²) in [5.41, 5.74) is 3.43. The quantitative estimate of drug-likeness (QED) is 0.756. The number of nitrogens with zero attached hydrogens (tertiary/aromatic N) is 1. The highest BCUT2D eigenvalue weighted by atomic mass is 16.2. The van der Waals surface area contributed by atoms with E-state index in [1.165, 1.54) is 5.56 Å². The Morgan fingerprint density at radius 1 is 1.04 bits per heavy atom. The molecule has 0 saturated heterocycles. The van der Waals surface area contributed by atoms with Crippen molar-refractivity contribution in [2.24, 2.45) is 0 Å². The Kier molecular flexibility index (Phi) is 5.71. The molecule has 0 unspecified atom stereocenters. The number of carbonyl (C=O) groups excluding carboxylic acids is 3. The highest BCUT2D eigenvalue weighted by Crippen LogP contribution is 2.29. The van der Waals surface area contributed by atoms with Crippen LogP contribution in [0.15, 0.2) is 48.5 Å². The number of carbonyl (C=O) groups is 3. The fourth-order valence-electron chi connectivity index (χ4n) is 2.99. The van der Waals surface area contributed by atoms with Gasteiger partial charge in [0.2, 0.25) is 5.91 Å². The largest absolute Gasteiger partial charge is 0.376 e. The average molecular weight is 366 g/mol. The zero-order valence-electron chi connectivity index (χ0n) is 15.1. The SMILES string of the molecule is CCNC(=O)NC(=O)CNc1ccc(C(=O)N2CCc3ccccc32)cc1. The molecule has 3 rings (SSSR count). The molecule has 27 heavy (non-hydrogen) atoms. The third-order valence-electron chi connectivity index (χ3n) is 4.31. The summed E-state index contributed by atoms with van der Waals surface area (Å²) >= 11 is 0. The van der Waals surface area contributed by atoms with Crippen molar-refractivity contribution >= 4 is 29.2 Å². The summed E-state index contributed by atoms with van der Waals surface area (Å²) in [5.74, 6) is -0.477. The monoisotopic (exact) mass is 366 g/mol. The lowest BCUT2D eigenvalue weighted by molar-refractivity contribution is -0.118. The second kappa shape index (κ2) is 8.35. The molecule has 2 aromatic carbocycles. The summed E-state index contributed by atoms with van der Waals surface area (Å²) in [6.45, 7) is 2.86. The van der Waals surface area contributed by atoms with Gasteiger partial charge in [0, 0.05) is 30.0 Å². The van der Waals surface area contributed by atoms with Crippen molar-refractivity contribution in [3.05, 3.63) is 59.7 Å². The van der Waals surface area contributed by atoms with E-state index in [-0.39, 0.29) is 12.5 Å². The number of hydrogen-bond acceptors (Lipinski definition) is 4. The van der Waals surface area contributed by atoms with E-state index >= 15 is 0 Å². The van der Waals surface area contributed by atoms with Gasteiger partial charge in [0.25, 0.3) is 5.91 Å². The van der Waals surface area contributed by atoms with Crippen LogP contribution >= 0.6 is 0 Å². The minimum absolute atomic E-state index is 0.0378. The Hall–Kier alpha value is -3.35. The first-order chi connectivity index (χ1) is 13.1. The first-order valence-corrected chi connectivity index (χ1v) is 8.90. The number of fused-ring (bicyclic) bond motifs is 1. The predicted octanol–water partition coefficient (Wildman–Crippen LogP) is 2.15. The number of urea groups is 1. The third-order valence-corrected chi connectivity index (χ3v) is 4.31. The Morgan fingerprint density at radius 3 is 2.52 bits per heavy atom. The van der Waals surface area contributed by atoms with E-state index in [2.05, 4.69) is 16.0 Å². The molecule has 140 valence electrons. The van der Waals surface area contributed by atoms with Gasteiger partial charge in [-0.2, -0.15) is 0 Å². The number of benzene rings is 2. The molecule has 7 heteroatoms. The van der Waals surface area contributed by atoms with Crippen LogP contribution in [0, 0.1) is 0 Å². The van der Waals surface area contributed by atoms with Gasteiger partial charge in [-0.1, -0.05) is 18.2 Å². The van der Waals surface area contributed by atoms with Crippen LogP contribution < -0.4 is 20.9 Å². The van der Waals surface area contributed by atoms with Crippen LogP contribution in [0.1, 0.15) is 22.8 Å². The van der Waals surface area contributed by atoms with Crippen LogP contribution in [-0.4, -0.2) is 37.5 Å². The van der Waals surface area contributed by atoms with Crippen LogP contribution in [0.3, 0.4) is 0 Å². The van der Waals surface area contributed by atoms with E-state index in [0.717, 1.165) is 12.1 Å². The number of hydrogen-bond donors (Lipinski definition) is 3. The van der Waals surface area contributed by atoms with Gasteiger partial charge in [0.15, 0.2) is 0 Å². The van der Waals surface area contributed by atoms with Crippen LogP contribution in [0.2, 0.25) is 0 Å². The number of amides is 4. The maximum Gasteiger partial charge on any atom is 0.321 e. The molecule has 7 nitrogen and oxygen atoms in total. The second-order valence-electron chi connectivity index (χ2n) is 6.17. The van der Waals surface area contributed by atoms with Crippen LogP contribution in [0.4, 0.5) is 16.2 Å². The van der Waals surface area contributed by atoms with Crippen LogP contribution in [-0.2, 0) is 11.2 Å². The van der Waals surface area contributed by atoms with Crippen molar-refractivity contribution in [1.82, 2.24) is 10.6 Å². The molecule has 2 aromatic rings. The van der Waals surface area contributed by atoms with Crippen molar-refractivity contribution in [2.45, 2.75) is 13.3 Å². The minimum Gasteiger partial charge on any atom is -0.376 e. The Labute approximate surface area is 157 Å². The van der Waals surface area contributed by atoms with E-state index in [0.29, 0.717) is 24.3 Å². The molecule has 4 amide bonds.